The first-order chi connectivity index (χ1) is 13.1. The quantitative estimate of drug-likeness (QED) is 0.510. The first kappa shape index (κ1) is 17.3. The molecule has 8 heteroatoms. The minimum atomic E-state index is -0.312. The highest BCUT2D eigenvalue weighted by Gasteiger charge is 2.13. The molecule has 0 spiro atoms. The predicted molar refractivity (Wildman–Crippen MR) is 104 cm³/mol. The van der Waals surface area contributed by atoms with Crippen molar-refractivity contribution in [2.24, 2.45) is 0 Å². The first-order valence-electron chi connectivity index (χ1n) is 8.13. The van der Waals surface area contributed by atoms with E-state index >= 15 is 0 Å². The third kappa shape index (κ3) is 3.56. The second-order valence-electron chi connectivity index (χ2n) is 5.82. The summed E-state index contributed by atoms with van der Waals surface area (Å²) in [5.41, 5.74) is 2.23. The molecule has 2 aromatic heterocycles. The maximum atomic E-state index is 13.5. The van der Waals surface area contributed by atoms with Crippen molar-refractivity contribution in [2.75, 3.05) is 18.2 Å². The number of anilines is 1. The molecule has 0 saturated heterocycles. The van der Waals surface area contributed by atoms with Crippen molar-refractivity contribution in [1.29, 1.82) is 0 Å². The third-order valence-corrected chi connectivity index (χ3v) is 5.03. The number of carbonyl (C=O) groups is 1. The van der Waals surface area contributed by atoms with E-state index in [-0.39, 0.29) is 17.5 Å². The standard InChI is InChI=1S/C19H15FN4O2S/c1-26-13-5-3-12(4-6-13)22-17(25)10-27-19-18-15(9-21-24-19)14-8-11(20)2-7-16(14)23-18/h2-9,23H,10H2,1H3,(H,22,25). The Morgan fingerprint density at radius 3 is 2.81 bits per heavy atom. The van der Waals surface area contributed by atoms with E-state index in [0.717, 1.165) is 27.6 Å². The number of halogens is 1. The molecular weight excluding hydrogens is 367 g/mol. The molecule has 0 saturated carbocycles. The Bertz CT molecular complexity index is 1130. The Morgan fingerprint density at radius 1 is 1.22 bits per heavy atom. The lowest BCUT2D eigenvalue weighted by molar-refractivity contribution is -0.113. The summed E-state index contributed by atoms with van der Waals surface area (Å²) in [6.07, 6.45) is 1.59. The summed E-state index contributed by atoms with van der Waals surface area (Å²) in [6.45, 7) is 0. The number of aromatic amines is 1. The van der Waals surface area contributed by atoms with Crippen LogP contribution >= 0.6 is 11.8 Å². The lowest BCUT2D eigenvalue weighted by Crippen LogP contribution is -2.14. The number of ether oxygens (including phenoxy) is 1. The van der Waals surface area contributed by atoms with Gasteiger partial charge in [0, 0.05) is 22.0 Å². The number of benzene rings is 2. The number of H-pyrrole nitrogens is 1. The summed E-state index contributed by atoms with van der Waals surface area (Å²) in [4.78, 5) is 15.4. The molecule has 27 heavy (non-hydrogen) atoms. The number of fused-ring (bicyclic) bond motifs is 3. The zero-order valence-corrected chi connectivity index (χ0v) is 15.1. The van der Waals surface area contributed by atoms with Gasteiger partial charge in [0.2, 0.25) is 5.91 Å². The Hall–Kier alpha value is -3.13. The van der Waals surface area contributed by atoms with Gasteiger partial charge >= 0.3 is 0 Å². The number of hydrogen-bond acceptors (Lipinski definition) is 5. The number of aromatic nitrogens is 3. The van der Waals surface area contributed by atoms with Crippen LogP contribution in [0.5, 0.6) is 5.75 Å². The van der Waals surface area contributed by atoms with E-state index < -0.39 is 0 Å². The zero-order valence-electron chi connectivity index (χ0n) is 14.3. The van der Waals surface area contributed by atoms with Gasteiger partial charge in [-0.1, -0.05) is 11.8 Å². The van der Waals surface area contributed by atoms with Crippen molar-refractivity contribution >= 4 is 45.2 Å². The highest BCUT2D eigenvalue weighted by molar-refractivity contribution is 8.00. The van der Waals surface area contributed by atoms with Crippen LogP contribution in [0, 0.1) is 5.82 Å². The van der Waals surface area contributed by atoms with Crippen molar-refractivity contribution in [3.05, 3.63) is 54.5 Å². The van der Waals surface area contributed by atoms with Gasteiger partial charge in [0.1, 0.15) is 16.6 Å². The highest BCUT2D eigenvalue weighted by atomic mass is 32.2. The molecule has 0 bridgehead atoms. The van der Waals surface area contributed by atoms with E-state index in [4.69, 9.17) is 4.74 Å². The Balaban J connectivity index is 1.51. The molecule has 0 unspecified atom stereocenters. The van der Waals surface area contributed by atoms with Crippen molar-refractivity contribution in [1.82, 2.24) is 15.2 Å². The SMILES string of the molecule is COc1ccc(NC(=O)CSc2nncc3c2[nH]c2ccc(F)cc23)cc1. The summed E-state index contributed by atoms with van der Waals surface area (Å²) < 4.78 is 18.6. The Kier molecular flexibility index (Phi) is 4.64. The van der Waals surface area contributed by atoms with E-state index in [9.17, 15) is 9.18 Å². The average molecular weight is 382 g/mol. The summed E-state index contributed by atoms with van der Waals surface area (Å²) in [6, 6.07) is 11.6. The molecule has 0 aliphatic carbocycles. The molecule has 0 fully saturated rings. The second kappa shape index (κ2) is 7.24. The normalized spacial score (nSPS) is 11.0. The molecule has 0 aliphatic rings. The van der Waals surface area contributed by atoms with Crippen LogP contribution in [0.1, 0.15) is 0 Å². The minimum absolute atomic E-state index is 0.161. The van der Waals surface area contributed by atoms with Gasteiger partial charge in [-0.05, 0) is 42.5 Å². The largest absolute Gasteiger partial charge is 0.497 e. The number of rotatable bonds is 5. The summed E-state index contributed by atoms with van der Waals surface area (Å²) >= 11 is 1.27. The van der Waals surface area contributed by atoms with Gasteiger partial charge in [-0.25, -0.2) is 4.39 Å². The van der Waals surface area contributed by atoms with Gasteiger partial charge < -0.3 is 15.0 Å². The van der Waals surface area contributed by atoms with Crippen LogP contribution in [-0.2, 0) is 4.79 Å². The molecule has 2 N–H and O–H groups in total. The molecule has 6 nitrogen and oxygen atoms in total. The van der Waals surface area contributed by atoms with Crippen molar-refractivity contribution in [2.45, 2.75) is 5.03 Å². The Labute approximate surface area is 158 Å². The van der Waals surface area contributed by atoms with E-state index in [0.29, 0.717) is 10.7 Å². The molecular formula is C19H15FN4O2S. The number of thioether (sulfide) groups is 1. The van der Waals surface area contributed by atoms with Gasteiger partial charge in [-0.2, -0.15) is 5.10 Å². The third-order valence-electron chi connectivity index (χ3n) is 4.06. The molecule has 4 aromatic rings. The maximum absolute atomic E-state index is 13.5. The van der Waals surface area contributed by atoms with E-state index in [2.05, 4.69) is 20.5 Å². The lowest BCUT2D eigenvalue weighted by atomic mass is 10.2. The molecule has 4 rings (SSSR count). The number of nitrogens with zero attached hydrogens (tertiary/aromatic N) is 2. The van der Waals surface area contributed by atoms with Crippen molar-refractivity contribution in [3.8, 4) is 5.75 Å². The molecule has 136 valence electrons. The topological polar surface area (TPSA) is 79.9 Å². The number of methoxy groups -OCH3 is 1. The number of hydrogen-bond donors (Lipinski definition) is 2. The molecule has 2 heterocycles. The smallest absolute Gasteiger partial charge is 0.234 e. The van der Waals surface area contributed by atoms with Crippen LogP contribution in [0.3, 0.4) is 0 Å². The fourth-order valence-corrected chi connectivity index (χ4v) is 3.53. The highest BCUT2D eigenvalue weighted by Crippen LogP contribution is 2.30. The molecule has 2 aromatic carbocycles. The number of nitrogens with one attached hydrogen (secondary N) is 2. The van der Waals surface area contributed by atoms with Crippen LogP contribution in [0.25, 0.3) is 21.8 Å². The summed E-state index contributed by atoms with van der Waals surface area (Å²) in [5, 5.41) is 13.0. The number of carbonyl (C=O) groups excluding carboxylic acids is 1. The predicted octanol–water partition coefficient (Wildman–Crippen LogP) is 3.99. The van der Waals surface area contributed by atoms with E-state index in [1.54, 1.807) is 43.6 Å². The van der Waals surface area contributed by atoms with Gasteiger partial charge in [0.05, 0.1) is 24.6 Å². The minimum Gasteiger partial charge on any atom is -0.497 e. The number of amides is 1. The second-order valence-corrected chi connectivity index (χ2v) is 6.78. The average Bonchev–Trinajstić information content (AvgIpc) is 3.05. The fraction of sp³-hybridized carbons (Fsp3) is 0.105. The Morgan fingerprint density at radius 2 is 2.04 bits per heavy atom. The molecule has 0 aliphatic heterocycles. The van der Waals surface area contributed by atoms with Crippen LogP contribution in [-0.4, -0.2) is 34.0 Å². The van der Waals surface area contributed by atoms with Gasteiger partial charge in [0.25, 0.3) is 0 Å². The summed E-state index contributed by atoms with van der Waals surface area (Å²) in [5.74, 6) is 0.419. The molecule has 0 atom stereocenters. The van der Waals surface area contributed by atoms with Crippen molar-refractivity contribution < 1.29 is 13.9 Å². The lowest BCUT2D eigenvalue weighted by Gasteiger charge is -2.06. The van der Waals surface area contributed by atoms with Crippen LogP contribution in [0.15, 0.2) is 53.7 Å². The van der Waals surface area contributed by atoms with Crippen LogP contribution in [0.4, 0.5) is 10.1 Å². The van der Waals surface area contributed by atoms with Gasteiger partial charge in [0.15, 0.2) is 0 Å². The van der Waals surface area contributed by atoms with E-state index in [1.165, 1.54) is 23.9 Å². The van der Waals surface area contributed by atoms with Crippen LogP contribution < -0.4 is 10.1 Å². The molecule has 0 radical (unpaired) electrons. The van der Waals surface area contributed by atoms with Crippen molar-refractivity contribution in [3.63, 3.8) is 0 Å². The molecule has 1 amide bonds. The monoisotopic (exact) mass is 382 g/mol. The maximum Gasteiger partial charge on any atom is 0.234 e. The van der Waals surface area contributed by atoms with Crippen LogP contribution in [0.2, 0.25) is 0 Å². The van der Waals surface area contributed by atoms with Gasteiger partial charge in [-0.3, -0.25) is 4.79 Å². The first-order valence-corrected chi connectivity index (χ1v) is 9.12. The zero-order chi connectivity index (χ0) is 18.8. The van der Waals surface area contributed by atoms with E-state index in [1.807, 2.05) is 0 Å². The summed E-state index contributed by atoms with van der Waals surface area (Å²) in [7, 11) is 1.59. The fourth-order valence-electron chi connectivity index (χ4n) is 2.78. The van der Waals surface area contributed by atoms with Gasteiger partial charge in [-0.15, -0.1) is 5.10 Å².